The number of ether oxygens (including phenoxy) is 4. The third kappa shape index (κ3) is 32.7. The Morgan fingerprint density at radius 2 is 1.00 bits per heavy atom. The lowest BCUT2D eigenvalue weighted by molar-refractivity contribution is -0.0955. The summed E-state index contributed by atoms with van der Waals surface area (Å²) in [7, 11) is 0. The van der Waals surface area contributed by atoms with Crippen LogP contribution in [-0.2, 0) is 18.9 Å². The van der Waals surface area contributed by atoms with Crippen LogP contribution in [0.3, 0.4) is 0 Å². The van der Waals surface area contributed by atoms with Crippen molar-refractivity contribution in [3.63, 3.8) is 0 Å². The van der Waals surface area contributed by atoms with Gasteiger partial charge in [-0.2, -0.15) is 0 Å². The van der Waals surface area contributed by atoms with Crippen molar-refractivity contribution in [3.05, 3.63) is 12.2 Å². The molecule has 0 fully saturated rings. The summed E-state index contributed by atoms with van der Waals surface area (Å²) < 4.78 is 23.1. The van der Waals surface area contributed by atoms with Crippen LogP contribution in [0, 0.1) is 0 Å². The van der Waals surface area contributed by atoms with E-state index in [0.717, 1.165) is 26.1 Å². The van der Waals surface area contributed by atoms with Crippen molar-refractivity contribution in [3.8, 4) is 0 Å². The summed E-state index contributed by atoms with van der Waals surface area (Å²) in [5, 5.41) is 16.2. The predicted molar refractivity (Wildman–Crippen MR) is 183 cm³/mol. The maximum atomic E-state index is 9.05. The van der Waals surface area contributed by atoms with Crippen LogP contribution in [0.25, 0.3) is 0 Å². The van der Waals surface area contributed by atoms with E-state index in [1.165, 1.54) is 89.9 Å². The first kappa shape index (κ1) is 42.5. The molecular weight excluding hydrogens is 540 g/mol. The highest BCUT2D eigenvalue weighted by atomic mass is 16.6. The van der Waals surface area contributed by atoms with Gasteiger partial charge in [-0.05, 0) is 92.8 Å². The molecule has 0 saturated carbocycles. The lowest BCUT2D eigenvalue weighted by Crippen LogP contribution is -2.34. The van der Waals surface area contributed by atoms with Gasteiger partial charge >= 0.3 is 0 Å². The van der Waals surface area contributed by atoms with Crippen molar-refractivity contribution in [1.29, 1.82) is 0 Å². The summed E-state index contributed by atoms with van der Waals surface area (Å²) in [6.07, 6.45) is 24.8. The molecule has 5 unspecified atom stereocenters. The number of aliphatic hydroxyl groups is 1. The lowest BCUT2D eigenvalue weighted by Gasteiger charge is -2.22. The molecule has 7 nitrogen and oxygen atoms in total. The van der Waals surface area contributed by atoms with E-state index in [2.05, 4.69) is 36.6 Å². The molecule has 0 spiro atoms. The van der Waals surface area contributed by atoms with Gasteiger partial charge in [0, 0.05) is 6.04 Å². The molecule has 0 bridgehead atoms. The largest absolute Gasteiger partial charge is 0.394 e. The smallest absolute Gasteiger partial charge is 0.0785 e. The molecule has 0 aliphatic heterocycles. The Morgan fingerprint density at radius 1 is 0.535 bits per heavy atom. The molecule has 0 rings (SSSR count). The maximum absolute atomic E-state index is 9.05. The summed E-state index contributed by atoms with van der Waals surface area (Å²) in [5.41, 5.74) is 0. The minimum absolute atomic E-state index is 0.0130. The van der Waals surface area contributed by atoms with Crippen LogP contribution in [0.5, 0.6) is 0 Å². The average Bonchev–Trinajstić information content (AvgIpc) is 2.97. The molecule has 7 heteroatoms. The van der Waals surface area contributed by atoms with Crippen molar-refractivity contribution in [2.75, 3.05) is 52.7 Å². The first-order chi connectivity index (χ1) is 20.9. The van der Waals surface area contributed by atoms with E-state index in [0.29, 0.717) is 32.5 Å². The van der Waals surface area contributed by atoms with Crippen LogP contribution in [0.1, 0.15) is 138 Å². The van der Waals surface area contributed by atoms with Gasteiger partial charge in [-0.15, -0.1) is 0 Å². The lowest BCUT2D eigenvalue weighted by atomic mass is 10.1. The van der Waals surface area contributed by atoms with Crippen molar-refractivity contribution in [2.24, 2.45) is 0 Å². The summed E-state index contributed by atoms with van der Waals surface area (Å²) in [6.45, 7) is 17.8. The van der Waals surface area contributed by atoms with Gasteiger partial charge in [0.2, 0.25) is 0 Å². The van der Waals surface area contributed by atoms with Gasteiger partial charge in [0.05, 0.1) is 57.5 Å². The fourth-order valence-electron chi connectivity index (χ4n) is 5.01. The van der Waals surface area contributed by atoms with E-state index < -0.39 is 0 Å². The van der Waals surface area contributed by atoms with Crippen LogP contribution in [0.2, 0.25) is 0 Å². The zero-order valence-corrected chi connectivity index (χ0v) is 29.4. The Morgan fingerprint density at radius 3 is 1.56 bits per heavy atom. The molecule has 5 atom stereocenters. The molecule has 3 N–H and O–H groups in total. The number of hydrogen-bond donors (Lipinski definition) is 3. The molecule has 0 aromatic rings. The van der Waals surface area contributed by atoms with E-state index in [1.54, 1.807) is 0 Å². The minimum Gasteiger partial charge on any atom is -0.394 e. The Bertz CT molecular complexity index is 580. The second-order valence-corrected chi connectivity index (χ2v) is 12.7. The topological polar surface area (TPSA) is 81.2 Å². The first-order valence-electron chi connectivity index (χ1n) is 18.0. The number of unbranched alkanes of at least 4 members (excludes halogenated alkanes) is 12. The predicted octanol–water partition coefficient (Wildman–Crippen LogP) is 7.59. The molecule has 0 aromatic heterocycles. The first-order valence-corrected chi connectivity index (χ1v) is 18.0. The molecule has 0 aliphatic rings. The van der Waals surface area contributed by atoms with Crippen molar-refractivity contribution in [2.45, 2.75) is 168 Å². The molecule has 0 aromatic carbocycles. The summed E-state index contributed by atoms with van der Waals surface area (Å²) in [6, 6.07) is 0.326. The van der Waals surface area contributed by atoms with Crippen LogP contribution in [-0.4, -0.2) is 88.2 Å². The van der Waals surface area contributed by atoms with Gasteiger partial charge in [-0.3, -0.25) is 0 Å². The quantitative estimate of drug-likeness (QED) is 0.0509. The van der Waals surface area contributed by atoms with E-state index in [1.807, 2.05) is 27.7 Å². The van der Waals surface area contributed by atoms with E-state index in [9.17, 15) is 0 Å². The maximum Gasteiger partial charge on any atom is 0.0785 e. The van der Waals surface area contributed by atoms with Crippen LogP contribution >= 0.6 is 0 Å². The highest BCUT2D eigenvalue weighted by Gasteiger charge is 2.12. The molecule has 0 aliphatic carbocycles. The minimum atomic E-state index is -0.171. The fourth-order valence-corrected chi connectivity index (χ4v) is 5.01. The molecule has 0 radical (unpaired) electrons. The molecule has 43 heavy (non-hydrogen) atoms. The van der Waals surface area contributed by atoms with Crippen molar-refractivity contribution in [1.82, 2.24) is 10.6 Å². The highest BCUT2D eigenvalue weighted by Crippen LogP contribution is 2.10. The Labute approximate surface area is 267 Å². The van der Waals surface area contributed by atoms with Gasteiger partial charge in [0.25, 0.3) is 0 Å². The third-order valence-electron chi connectivity index (χ3n) is 7.50. The second kappa shape index (κ2) is 32.8. The Hall–Kier alpha value is -0.540. The van der Waals surface area contributed by atoms with Crippen LogP contribution in [0.4, 0.5) is 0 Å². The molecular formula is C36H74N2O5. The fraction of sp³-hybridized carbons (Fsp3) is 0.944. The van der Waals surface area contributed by atoms with Gasteiger partial charge in [-0.25, -0.2) is 0 Å². The second-order valence-electron chi connectivity index (χ2n) is 12.7. The van der Waals surface area contributed by atoms with Crippen LogP contribution < -0.4 is 10.6 Å². The third-order valence-corrected chi connectivity index (χ3v) is 7.50. The molecule has 0 saturated heterocycles. The van der Waals surface area contributed by atoms with E-state index in [4.69, 9.17) is 24.1 Å². The number of nitrogens with one attached hydrogen (secondary N) is 2. The average molecular weight is 615 g/mol. The standard InChI is InChI=1S/C36H74N2O5/c1-7-8-9-10-11-12-13-14-15-16-17-18-19-20-21-22-24-37-25-23-26-38-32(2)28-40-29-35(5)43-36(6)31-41-30-34(4)42-33(3)27-39/h14-15,32-39H,7-13,16-31H2,1-6H3. The van der Waals surface area contributed by atoms with E-state index in [-0.39, 0.29) is 31.0 Å². The summed E-state index contributed by atoms with van der Waals surface area (Å²) in [4.78, 5) is 0. The molecule has 0 heterocycles. The SMILES string of the molecule is CCCCCCCCC=CCCCCCCCCNCCCNC(C)COCC(C)OC(C)COCC(C)OC(C)CO. The molecule has 258 valence electrons. The zero-order valence-electron chi connectivity index (χ0n) is 29.4. The van der Waals surface area contributed by atoms with Crippen molar-refractivity contribution >= 4 is 0 Å². The number of aliphatic hydroxyl groups excluding tert-OH is 1. The Balaban J connectivity index is 3.42. The highest BCUT2D eigenvalue weighted by molar-refractivity contribution is 4.81. The normalized spacial score (nSPS) is 15.6. The van der Waals surface area contributed by atoms with Gasteiger partial charge < -0.3 is 34.7 Å². The number of allylic oxidation sites excluding steroid dienone is 2. The monoisotopic (exact) mass is 615 g/mol. The van der Waals surface area contributed by atoms with Gasteiger partial charge in [-0.1, -0.05) is 76.9 Å². The number of hydrogen-bond acceptors (Lipinski definition) is 7. The van der Waals surface area contributed by atoms with E-state index >= 15 is 0 Å². The summed E-state index contributed by atoms with van der Waals surface area (Å²) in [5.74, 6) is 0. The zero-order chi connectivity index (χ0) is 31.8. The van der Waals surface area contributed by atoms with Crippen molar-refractivity contribution < 1.29 is 24.1 Å². The molecule has 0 amide bonds. The van der Waals surface area contributed by atoms with Crippen LogP contribution in [0.15, 0.2) is 12.2 Å². The van der Waals surface area contributed by atoms with Gasteiger partial charge in [0.1, 0.15) is 0 Å². The number of rotatable bonds is 34. The van der Waals surface area contributed by atoms with Gasteiger partial charge in [0.15, 0.2) is 0 Å². The Kier molecular flexibility index (Phi) is 32.4. The summed E-state index contributed by atoms with van der Waals surface area (Å²) >= 11 is 0.